The monoisotopic (exact) mass is 1020 g/mol. The lowest BCUT2D eigenvalue weighted by molar-refractivity contribution is -0.145. The van der Waals surface area contributed by atoms with Gasteiger partial charge >= 0.3 is 0 Å². The summed E-state index contributed by atoms with van der Waals surface area (Å²) in [4.78, 5) is 87.0. The number of hydrogen-bond acceptors (Lipinski definition) is 17. The fourth-order valence-corrected chi connectivity index (χ4v) is 9.15. The van der Waals surface area contributed by atoms with Gasteiger partial charge in [-0.1, -0.05) is 58.1 Å². The number of benzene rings is 2. The van der Waals surface area contributed by atoms with E-state index in [1.807, 2.05) is 0 Å². The third-order valence-electron chi connectivity index (χ3n) is 13.5. The molecule has 400 valence electrons. The minimum atomic E-state index is -2.16. The van der Waals surface area contributed by atoms with Gasteiger partial charge in [-0.3, -0.25) is 33.7 Å². The van der Waals surface area contributed by atoms with Crippen LogP contribution in [0.3, 0.4) is 0 Å². The van der Waals surface area contributed by atoms with Gasteiger partial charge in [-0.25, -0.2) is 0 Å². The molecule has 3 saturated heterocycles. The number of ether oxygens (including phenoxy) is 1. The first-order valence-electron chi connectivity index (χ1n) is 24.6. The van der Waals surface area contributed by atoms with Gasteiger partial charge < -0.3 is 82.2 Å². The van der Waals surface area contributed by atoms with E-state index in [0.717, 1.165) is 43.9 Å². The number of amides is 6. The van der Waals surface area contributed by atoms with Crippen LogP contribution in [0, 0.1) is 5.92 Å². The number of nitrogens with one attached hydrogen (secondary N) is 5. The Hall–Kier alpha value is -5.50. The second-order valence-electron chi connectivity index (χ2n) is 19.3. The van der Waals surface area contributed by atoms with Crippen LogP contribution in [0.4, 0.5) is 0 Å². The fraction of sp³-hybridized carbons (Fsp3) is 0.633. The Balaban J connectivity index is 1.49. The molecule has 23 heteroatoms. The van der Waals surface area contributed by atoms with Crippen LogP contribution in [0.1, 0.15) is 101 Å². The number of rotatable bonds is 15. The van der Waals surface area contributed by atoms with E-state index in [0.29, 0.717) is 12.4 Å². The maximum atomic E-state index is 14.4. The molecule has 0 aromatic heterocycles. The summed E-state index contributed by atoms with van der Waals surface area (Å²) < 4.78 is 5.82. The van der Waals surface area contributed by atoms with E-state index in [-0.39, 0.29) is 30.0 Å². The van der Waals surface area contributed by atoms with Gasteiger partial charge in [0.1, 0.15) is 60.0 Å². The summed E-state index contributed by atoms with van der Waals surface area (Å²) in [5.41, 5.74) is 0.0352. The predicted molar refractivity (Wildman–Crippen MR) is 256 cm³/mol. The molecule has 3 heterocycles. The van der Waals surface area contributed by atoms with Gasteiger partial charge in [-0.2, -0.15) is 0 Å². The molecule has 0 bridgehead atoms. The van der Waals surface area contributed by atoms with Crippen molar-refractivity contribution in [2.75, 3.05) is 26.2 Å². The summed E-state index contributed by atoms with van der Waals surface area (Å²) in [5, 5.41) is 111. The predicted octanol–water partition coefficient (Wildman–Crippen LogP) is -2.62. The van der Waals surface area contributed by atoms with E-state index in [2.05, 4.69) is 33.5 Å². The highest BCUT2D eigenvalue weighted by Gasteiger charge is 2.48. The highest BCUT2D eigenvalue weighted by molar-refractivity contribution is 5.99. The molecule has 3 aliphatic rings. The Kier molecular flexibility index (Phi) is 21.1. The van der Waals surface area contributed by atoms with Crippen LogP contribution >= 0.6 is 0 Å². The summed E-state index contributed by atoms with van der Waals surface area (Å²) in [6.07, 6.45) is -9.04. The second-order valence-corrected chi connectivity index (χ2v) is 19.3. The maximum Gasteiger partial charge on any atom is 0.251 e. The highest BCUT2D eigenvalue weighted by atomic mass is 16.5. The Bertz CT molecular complexity index is 2130. The first-order chi connectivity index (χ1) is 34.1. The number of aromatic hydroxyl groups is 1. The molecular weight excluding hydrogens is 943 g/mol. The van der Waals surface area contributed by atoms with Crippen LogP contribution < -0.4 is 31.3 Å². The van der Waals surface area contributed by atoms with Gasteiger partial charge in [-0.05, 0) is 68.1 Å². The Morgan fingerprint density at radius 2 is 1.38 bits per heavy atom. The number of fused-ring (bicyclic) bond motifs is 2. The minimum absolute atomic E-state index is 0.00181. The molecule has 23 nitrogen and oxygen atoms in total. The number of phenolic OH excluding ortho intramolecular Hbond substituents is 1. The summed E-state index contributed by atoms with van der Waals surface area (Å²) in [7, 11) is 0. The van der Waals surface area contributed by atoms with Crippen LogP contribution in [0.25, 0.3) is 0 Å². The van der Waals surface area contributed by atoms with Gasteiger partial charge in [0.15, 0.2) is 6.23 Å². The van der Waals surface area contributed by atoms with Crippen molar-refractivity contribution in [1.29, 1.82) is 0 Å². The number of carbonyl (C=O) groups is 6. The first kappa shape index (κ1) is 57.4. The smallest absolute Gasteiger partial charge is 0.251 e. The summed E-state index contributed by atoms with van der Waals surface area (Å²) >= 11 is 0. The van der Waals surface area contributed by atoms with E-state index in [9.17, 15) is 74.7 Å². The number of nitrogens with zero attached hydrogens (tertiary/aromatic N) is 2. The zero-order chi connectivity index (χ0) is 53.0. The molecule has 3 fully saturated rings. The SMILES string of the molecule is CCCCCCCCOc1ccc(C(=O)NC2CC(O)C(O)NC(=O)C3C(O)C(C)CN3CC(C(C)O)NC(=O)C(C(O)C(O)c3ccc(O)cc3)NC(=O)C3CC(O)CN3C(=O)C(C(C)O)NC2=O)cc1. The average Bonchev–Trinajstić information content (AvgIpc) is 3.87. The molecule has 2 aromatic rings. The number of unbranched alkanes of at least 4 members (excludes halogenated alkanes) is 5. The molecular formula is C49H73N7O16. The lowest BCUT2D eigenvalue weighted by Crippen LogP contribution is -2.63. The van der Waals surface area contributed by atoms with Gasteiger partial charge in [-0.15, -0.1) is 0 Å². The van der Waals surface area contributed by atoms with Crippen molar-refractivity contribution >= 4 is 35.4 Å². The summed E-state index contributed by atoms with van der Waals surface area (Å²) in [5.74, 6) is -6.81. The van der Waals surface area contributed by atoms with Crippen molar-refractivity contribution in [3.63, 3.8) is 0 Å². The van der Waals surface area contributed by atoms with E-state index in [4.69, 9.17) is 4.74 Å². The first-order valence-corrected chi connectivity index (χ1v) is 24.6. The molecule has 5 rings (SSSR count). The van der Waals surface area contributed by atoms with Crippen molar-refractivity contribution in [2.45, 2.75) is 164 Å². The Morgan fingerprint density at radius 3 is 2.01 bits per heavy atom. The van der Waals surface area contributed by atoms with Crippen LogP contribution in [-0.4, -0.2) is 197 Å². The fourth-order valence-electron chi connectivity index (χ4n) is 9.15. The van der Waals surface area contributed by atoms with Crippen molar-refractivity contribution < 1.29 is 79.5 Å². The zero-order valence-electron chi connectivity index (χ0n) is 41.0. The van der Waals surface area contributed by atoms with Crippen LogP contribution in [0.15, 0.2) is 48.5 Å². The Morgan fingerprint density at radius 1 is 0.736 bits per heavy atom. The van der Waals surface area contributed by atoms with E-state index >= 15 is 0 Å². The van der Waals surface area contributed by atoms with Crippen molar-refractivity contribution in [2.24, 2.45) is 5.92 Å². The molecule has 14 N–H and O–H groups in total. The molecule has 0 aliphatic carbocycles. The quantitative estimate of drug-likeness (QED) is 0.0813. The number of hydrogen-bond donors (Lipinski definition) is 14. The van der Waals surface area contributed by atoms with Gasteiger partial charge in [0.2, 0.25) is 29.5 Å². The zero-order valence-corrected chi connectivity index (χ0v) is 41.0. The van der Waals surface area contributed by atoms with Gasteiger partial charge in [0.05, 0.1) is 37.1 Å². The minimum Gasteiger partial charge on any atom is -0.508 e. The molecule has 6 amide bonds. The van der Waals surface area contributed by atoms with Crippen molar-refractivity contribution in [1.82, 2.24) is 36.4 Å². The molecule has 0 radical (unpaired) electrons. The highest BCUT2D eigenvalue weighted by Crippen LogP contribution is 2.27. The third-order valence-corrected chi connectivity index (χ3v) is 13.5. The summed E-state index contributed by atoms with van der Waals surface area (Å²) in [6.45, 7) is 5.73. The second kappa shape index (κ2) is 26.5. The Labute approximate surface area is 417 Å². The number of phenols is 1. The summed E-state index contributed by atoms with van der Waals surface area (Å²) in [6, 6.07) is 0.652. The number of carbonyl (C=O) groups excluding carboxylic acids is 6. The normalized spacial score (nSPS) is 30.0. The molecule has 0 spiro atoms. The van der Waals surface area contributed by atoms with Crippen LogP contribution in [0.5, 0.6) is 11.5 Å². The van der Waals surface area contributed by atoms with Crippen molar-refractivity contribution in [3.8, 4) is 11.5 Å². The van der Waals surface area contributed by atoms with Gasteiger partial charge in [0, 0.05) is 38.0 Å². The largest absolute Gasteiger partial charge is 0.508 e. The standard InChI is InChI=1S/C49H73N7O16/c1-5-6-7-8-9-10-19-72-32-17-13-29(14-18-32)43(65)50-33-21-36(61)46(68)54-48(70)39-40(62)25(2)22-55(39)24-34(26(3)57)51-47(69)38(42(64)41(63)28-11-15-30(59)16-12-28)53-45(67)35-20-31(60)23-56(35)49(71)37(27(4)58)52-44(33)66/h11-18,25-27,31,33-42,46,57-64,68H,5-10,19-24H2,1-4H3,(H,50,65)(H,51,69)(H,52,66)(H,53,67)(H,54,70). The molecule has 3 aliphatic heterocycles. The third kappa shape index (κ3) is 15.0. The average molecular weight is 1020 g/mol. The van der Waals surface area contributed by atoms with E-state index in [1.54, 1.807) is 19.1 Å². The van der Waals surface area contributed by atoms with Gasteiger partial charge in [0.25, 0.3) is 5.91 Å². The van der Waals surface area contributed by atoms with Crippen LogP contribution in [0.2, 0.25) is 0 Å². The molecule has 15 unspecified atom stereocenters. The van der Waals surface area contributed by atoms with Crippen molar-refractivity contribution in [3.05, 3.63) is 59.7 Å². The molecule has 72 heavy (non-hydrogen) atoms. The molecule has 0 saturated carbocycles. The number of aliphatic hydroxyl groups is 8. The molecule has 2 aromatic carbocycles. The van der Waals surface area contributed by atoms with E-state index in [1.165, 1.54) is 54.6 Å². The topological polar surface area (TPSA) is 360 Å². The van der Waals surface area contributed by atoms with Crippen LogP contribution in [-0.2, 0) is 24.0 Å². The lowest BCUT2D eigenvalue weighted by atomic mass is 9.97. The lowest BCUT2D eigenvalue weighted by Gasteiger charge is -2.34. The molecule has 15 atom stereocenters. The number of aliphatic hydroxyl groups excluding tert-OH is 8. The van der Waals surface area contributed by atoms with E-state index < -0.39 is 146 Å². The maximum absolute atomic E-state index is 14.4.